The number of ether oxygens (including phenoxy) is 1. The van der Waals surface area contributed by atoms with E-state index in [0.29, 0.717) is 18.9 Å². The molecule has 0 aromatic carbocycles. The van der Waals surface area contributed by atoms with E-state index in [1.54, 1.807) is 23.3 Å². The fraction of sp³-hybridized carbons (Fsp3) is 0.500. The molecule has 2 aromatic rings. The van der Waals surface area contributed by atoms with Crippen LogP contribution in [0.1, 0.15) is 29.4 Å². The van der Waals surface area contributed by atoms with Crippen LogP contribution >= 0.6 is 11.3 Å². The van der Waals surface area contributed by atoms with Crippen molar-refractivity contribution in [2.45, 2.75) is 32.0 Å². The van der Waals surface area contributed by atoms with Crippen LogP contribution in [0.5, 0.6) is 0 Å². The third-order valence-electron chi connectivity index (χ3n) is 4.00. The molecule has 22 heavy (non-hydrogen) atoms. The fourth-order valence-electron chi connectivity index (χ4n) is 2.67. The zero-order valence-corrected chi connectivity index (χ0v) is 13.4. The first kappa shape index (κ1) is 15.0. The molecule has 8 heteroatoms. The first-order valence-electron chi connectivity index (χ1n) is 7.13. The smallest absolute Gasteiger partial charge is 0.318 e. The lowest BCUT2D eigenvalue weighted by molar-refractivity contribution is 0.110. The van der Waals surface area contributed by atoms with Crippen LogP contribution in [0.4, 0.5) is 4.79 Å². The number of thiophene rings is 1. The molecule has 2 N–H and O–H groups in total. The van der Waals surface area contributed by atoms with Crippen molar-refractivity contribution in [2.75, 3.05) is 13.7 Å². The van der Waals surface area contributed by atoms with Gasteiger partial charge >= 0.3 is 6.03 Å². The number of likely N-dealkylation sites (tertiary alicyclic amines) is 1. The normalized spacial score (nSPS) is 21.3. The number of amides is 2. The lowest BCUT2D eigenvalue weighted by Gasteiger charge is -2.23. The van der Waals surface area contributed by atoms with Crippen LogP contribution in [-0.2, 0) is 11.3 Å². The predicted octanol–water partition coefficient (Wildman–Crippen LogP) is 1.85. The molecule has 1 aliphatic heterocycles. The van der Waals surface area contributed by atoms with E-state index in [0.717, 1.165) is 12.0 Å². The Bertz CT molecular complexity index is 627. The van der Waals surface area contributed by atoms with E-state index >= 15 is 0 Å². The Labute approximate surface area is 132 Å². The number of aromatic amines is 1. The number of carbonyl (C=O) groups is 1. The van der Waals surface area contributed by atoms with Gasteiger partial charge in [0.1, 0.15) is 12.2 Å². The maximum Gasteiger partial charge on any atom is 0.318 e. The predicted molar refractivity (Wildman–Crippen MR) is 82.5 cm³/mol. The molecule has 2 atom stereocenters. The highest BCUT2D eigenvalue weighted by molar-refractivity contribution is 7.08. The number of nitrogens with one attached hydrogen (secondary N) is 2. The summed E-state index contributed by atoms with van der Waals surface area (Å²) in [6, 6.07) is -0.234. The number of nitrogens with zero attached hydrogens (tertiary/aromatic N) is 3. The van der Waals surface area contributed by atoms with Crippen molar-refractivity contribution >= 4 is 17.4 Å². The number of H-pyrrole nitrogens is 1. The zero-order chi connectivity index (χ0) is 15.5. The lowest BCUT2D eigenvalue weighted by Crippen LogP contribution is -2.40. The Balaban J connectivity index is 1.68. The van der Waals surface area contributed by atoms with Gasteiger partial charge in [-0.05, 0) is 28.8 Å². The Hall–Kier alpha value is -1.93. The summed E-state index contributed by atoms with van der Waals surface area (Å²) in [4.78, 5) is 18.5. The molecular formula is C14H19N5O2S. The first-order chi connectivity index (χ1) is 10.7. The second kappa shape index (κ2) is 6.45. The molecule has 2 aromatic heterocycles. The number of carbonyl (C=O) groups excluding carboxylic acids is 1. The largest absolute Gasteiger partial charge is 0.380 e. The first-order valence-corrected chi connectivity index (χ1v) is 8.07. The van der Waals surface area contributed by atoms with Gasteiger partial charge in [-0.2, -0.15) is 16.4 Å². The average Bonchev–Trinajstić information content (AvgIpc) is 3.24. The second-order valence-electron chi connectivity index (χ2n) is 5.37. The highest BCUT2D eigenvalue weighted by atomic mass is 32.1. The van der Waals surface area contributed by atoms with Crippen LogP contribution in [-0.4, -0.2) is 45.9 Å². The van der Waals surface area contributed by atoms with Crippen molar-refractivity contribution in [1.82, 2.24) is 25.4 Å². The summed E-state index contributed by atoms with van der Waals surface area (Å²) in [7, 11) is 1.66. The topological polar surface area (TPSA) is 83.1 Å². The number of rotatable bonds is 4. The van der Waals surface area contributed by atoms with Crippen molar-refractivity contribution in [2.24, 2.45) is 0 Å². The van der Waals surface area contributed by atoms with Gasteiger partial charge in [-0.3, -0.25) is 5.10 Å². The van der Waals surface area contributed by atoms with Crippen molar-refractivity contribution in [1.29, 1.82) is 0 Å². The van der Waals surface area contributed by atoms with Gasteiger partial charge in [0, 0.05) is 26.6 Å². The molecule has 7 nitrogen and oxygen atoms in total. The maximum absolute atomic E-state index is 12.5. The van der Waals surface area contributed by atoms with E-state index in [1.165, 1.54) is 11.9 Å². The number of methoxy groups -OCH3 is 1. The Morgan fingerprint density at radius 1 is 1.59 bits per heavy atom. The SMILES string of the molecule is CO[C@@H]1C[C@@H](c2ncn[nH]2)N(C(=O)NCc2cscc2C)C1. The summed E-state index contributed by atoms with van der Waals surface area (Å²) in [6.45, 7) is 3.13. The van der Waals surface area contributed by atoms with Crippen LogP contribution in [0, 0.1) is 6.92 Å². The van der Waals surface area contributed by atoms with Crippen LogP contribution < -0.4 is 5.32 Å². The molecule has 3 rings (SSSR count). The molecule has 0 saturated carbocycles. The minimum Gasteiger partial charge on any atom is -0.380 e. The molecule has 0 radical (unpaired) electrons. The molecule has 1 aliphatic rings. The van der Waals surface area contributed by atoms with Crippen LogP contribution in [0.3, 0.4) is 0 Å². The van der Waals surface area contributed by atoms with Crippen molar-refractivity contribution in [3.05, 3.63) is 34.0 Å². The number of hydrogen-bond donors (Lipinski definition) is 2. The number of aromatic nitrogens is 3. The summed E-state index contributed by atoms with van der Waals surface area (Å²) in [6.07, 6.45) is 2.19. The summed E-state index contributed by atoms with van der Waals surface area (Å²) < 4.78 is 5.41. The Morgan fingerprint density at radius 3 is 3.09 bits per heavy atom. The molecule has 0 spiro atoms. The van der Waals surface area contributed by atoms with E-state index in [-0.39, 0.29) is 18.2 Å². The minimum atomic E-state index is -0.129. The highest BCUT2D eigenvalue weighted by Crippen LogP contribution is 2.31. The van der Waals surface area contributed by atoms with Gasteiger partial charge in [-0.15, -0.1) is 0 Å². The number of aryl methyl sites for hydroxylation is 1. The van der Waals surface area contributed by atoms with Gasteiger partial charge in [0.05, 0.1) is 12.1 Å². The van der Waals surface area contributed by atoms with E-state index in [2.05, 4.69) is 31.3 Å². The van der Waals surface area contributed by atoms with E-state index < -0.39 is 0 Å². The summed E-state index contributed by atoms with van der Waals surface area (Å²) in [5.41, 5.74) is 2.35. The molecule has 0 aliphatic carbocycles. The van der Waals surface area contributed by atoms with Crippen molar-refractivity contribution < 1.29 is 9.53 Å². The van der Waals surface area contributed by atoms with E-state index in [1.807, 2.05) is 6.92 Å². The van der Waals surface area contributed by atoms with Crippen molar-refractivity contribution in [3.63, 3.8) is 0 Å². The monoisotopic (exact) mass is 321 g/mol. The van der Waals surface area contributed by atoms with Gasteiger partial charge in [0.2, 0.25) is 0 Å². The lowest BCUT2D eigenvalue weighted by atomic mass is 10.2. The average molecular weight is 321 g/mol. The van der Waals surface area contributed by atoms with E-state index in [4.69, 9.17) is 4.74 Å². The van der Waals surface area contributed by atoms with Gasteiger partial charge in [-0.25, -0.2) is 9.78 Å². The molecule has 3 heterocycles. The molecule has 0 unspecified atom stereocenters. The summed E-state index contributed by atoms with van der Waals surface area (Å²) in [5.74, 6) is 0.696. The summed E-state index contributed by atoms with van der Waals surface area (Å²) >= 11 is 1.64. The van der Waals surface area contributed by atoms with Gasteiger partial charge < -0.3 is 15.0 Å². The Morgan fingerprint density at radius 2 is 2.45 bits per heavy atom. The van der Waals surface area contributed by atoms with Crippen LogP contribution in [0.15, 0.2) is 17.1 Å². The van der Waals surface area contributed by atoms with Gasteiger partial charge in [-0.1, -0.05) is 0 Å². The maximum atomic E-state index is 12.5. The number of urea groups is 1. The quantitative estimate of drug-likeness (QED) is 0.900. The van der Waals surface area contributed by atoms with Gasteiger partial charge in [0.25, 0.3) is 0 Å². The van der Waals surface area contributed by atoms with E-state index in [9.17, 15) is 4.79 Å². The van der Waals surface area contributed by atoms with Crippen molar-refractivity contribution in [3.8, 4) is 0 Å². The molecule has 2 amide bonds. The highest BCUT2D eigenvalue weighted by Gasteiger charge is 2.37. The van der Waals surface area contributed by atoms with Crippen LogP contribution in [0.2, 0.25) is 0 Å². The number of hydrogen-bond acceptors (Lipinski definition) is 5. The molecule has 0 bridgehead atoms. The molecule has 1 fully saturated rings. The second-order valence-corrected chi connectivity index (χ2v) is 6.11. The molecule has 1 saturated heterocycles. The third kappa shape index (κ3) is 2.97. The Kier molecular flexibility index (Phi) is 4.39. The summed E-state index contributed by atoms with van der Waals surface area (Å²) in [5, 5.41) is 13.8. The van der Waals surface area contributed by atoms with Crippen LogP contribution in [0.25, 0.3) is 0 Å². The fourth-order valence-corrected chi connectivity index (χ4v) is 3.52. The zero-order valence-electron chi connectivity index (χ0n) is 12.6. The standard InChI is InChI=1S/C14H19N5O2S/c1-9-6-22-7-10(9)4-15-14(20)19-5-11(21-2)3-12(19)13-16-8-17-18-13/h6-8,11-12H,3-5H2,1-2H3,(H,15,20)(H,16,17,18)/t11-,12+/m1/s1. The molecule has 118 valence electrons. The molecular weight excluding hydrogens is 302 g/mol. The van der Waals surface area contributed by atoms with Gasteiger partial charge in [0.15, 0.2) is 0 Å². The third-order valence-corrected chi connectivity index (χ3v) is 4.91. The minimum absolute atomic E-state index is 0.0173.